The fraction of sp³-hybridized carbons (Fsp3) is 0.350. The van der Waals surface area contributed by atoms with Crippen molar-refractivity contribution in [3.8, 4) is 5.69 Å². The van der Waals surface area contributed by atoms with Crippen LogP contribution in [0.2, 0.25) is 0 Å². The Balaban J connectivity index is 1.66. The number of benzene rings is 2. The minimum absolute atomic E-state index is 0.0249. The van der Waals surface area contributed by atoms with Crippen molar-refractivity contribution in [1.82, 2.24) is 25.1 Å². The summed E-state index contributed by atoms with van der Waals surface area (Å²) in [6.07, 6.45) is 0.970. The summed E-state index contributed by atoms with van der Waals surface area (Å²) in [5, 5.41) is 22.4. The van der Waals surface area contributed by atoms with Crippen LogP contribution < -0.4 is 0 Å². The lowest BCUT2D eigenvalue weighted by atomic mass is 9.93. The molecule has 2 aromatic carbocycles. The molecular weight excluding hydrogens is 326 g/mol. The number of hydrogen-bond acceptors (Lipinski definition) is 5. The van der Waals surface area contributed by atoms with Crippen LogP contribution in [0.1, 0.15) is 34.1 Å². The van der Waals surface area contributed by atoms with Gasteiger partial charge in [-0.3, -0.25) is 4.90 Å². The number of tetrazole rings is 1. The van der Waals surface area contributed by atoms with Crippen LogP contribution >= 0.6 is 0 Å². The normalized spacial score (nSPS) is 17.3. The van der Waals surface area contributed by atoms with Crippen molar-refractivity contribution in [2.24, 2.45) is 0 Å². The van der Waals surface area contributed by atoms with Gasteiger partial charge in [0.2, 0.25) is 0 Å². The number of aryl methyl sites for hydroxylation is 2. The molecule has 0 saturated heterocycles. The van der Waals surface area contributed by atoms with Crippen LogP contribution in [-0.4, -0.2) is 43.4 Å². The standard InChI is InChI=1S/C20H23N5O/c1-14-6-5-7-15(2)20(14)25-19(21-22-23-25)12-24-11-10-16-8-3-4-9-17(16)18(24)13-26/h3-9,18,26H,10-13H2,1-2H3. The summed E-state index contributed by atoms with van der Waals surface area (Å²) in [6, 6.07) is 14.5. The Morgan fingerprint density at radius 2 is 1.85 bits per heavy atom. The lowest BCUT2D eigenvalue weighted by Crippen LogP contribution is -2.37. The zero-order valence-corrected chi connectivity index (χ0v) is 15.1. The van der Waals surface area contributed by atoms with E-state index in [4.69, 9.17) is 0 Å². The minimum atomic E-state index is -0.0249. The van der Waals surface area contributed by atoms with Crippen LogP contribution in [0.15, 0.2) is 42.5 Å². The van der Waals surface area contributed by atoms with Crippen molar-refractivity contribution in [2.45, 2.75) is 32.9 Å². The molecule has 0 bridgehead atoms. The van der Waals surface area contributed by atoms with Gasteiger partial charge in [-0.1, -0.05) is 42.5 Å². The van der Waals surface area contributed by atoms with Crippen LogP contribution in [0.3, 0.4) is 0 Å². The molecule has 0 radical (unpaired) electrons. The molecule has 3 aromatic rings. The van der Waals surface area contributed by atoms with Gasteiger partial charge in [-0.2, -0.15) is 4.68 Å². The highest BCUT2D eigenvalue weighted by Gasteiger charge is 2.28. The van der Waals surface area contributed by atoms with Gasteiger partial charge >= 0.3 is 0 Å². The molecule has 4 rings (SSSR count). The molecule has 0 spiro atoms. The number of para-hydroxylation sites is 1. The van der Waals surface area contributed by atoms with E-state index in [2.05, 4.69) is 64.6 Å². The summed E-state index contributed by atoms with van der Waals surface area (Å²) in [6.45, 7) is 5.70. The van der Waals surface area contributed by atoms with Gasteiger partial charge in [0.1, 0.15) is 0 Å². The Morgan fingerprint density at radius 3 is 2.62 bits per heavy atom. The van der Waals surface area contributed by atoms with Crippen molar-refractivity contribution in [3.05, 3.63) is 70.5 Å². The molecule has 26 heavy (non-hydrogen) atoms. The highest BCUT2D eigenvalue weighted by atomic mass is 16.3. The van der Waals surface area contributed by atoms with E-state index in [1.54, 1.807) is 0 Å². The second-order valence-electron chi connectivity index (χ2n) is 6.86. The summed E-state index contributed by atoms with van der Waals surface area (Å²) < 4.78 is 1.83. The van der Waals surface area contributed by atoms with Gasteiger partial charge in [0.15, 0.2) is 5.82 Å². The molecule has 0 fully saturated rings. The molecule has 0 amide bonds. The van der Waals surface area contributed by atoms with Gasteiger partial charge in [-0.15, -0.1) is 5.10 Å². The first-order valence-corrected chi connectivity index (χ1v) is 8.95. The van der Waals surface area contributed by atoms with E-state index >= 15 is 0 Å². The van der Waals surface area contributed by atoms with Crippen molar-refractivity contribution in [1.29, 1.82) is 0 Å². The Morgan fingerprint density at radius 1 is 1.08 bits per heavy atom. The maximum Gasteiger partial charge on any atom is 0.170 e. The summed E-state index contributed by atoms with van der Waals surface area (Å²) in [5.41, 5.74) is 5.83. The number of aliphatic hydroxyl groups excluding tert-OH is 1. The number of nitrogens with zero attached hydrogens (tertiary/aromatic N) is 5. The van der Waals surface area contributed by atoms with Gasteiger partial charge in [0, 0.05) is 6.54 Å². The molecule has 6 heteroatoms. The molecule has 0 aliphatic carbocycles. The van der Waals surface area contributed by atoms with Crippen LogP contribution in [0.25, 0.3) is 5.69 Å². The Bertz CT molecular complexity index is 900. The maximum absolute atomic E-state index is 10.0. The van der Waals surface area contributed by atoms with Crippen molar-refractivity contribution in [2.75, 3.05) is 13.2 Å². The molecule has 1 aliphatic rings. The molecule has 0 saturated carbocycles. The van der Waals surface area contributed by atoms with Crippen LogP contribution in [-0.2, 0) is 13.0 Å². The number of aromatic nitrogens is 4. The maximum atomic E-state index is 10.0. The van der Waals surface area contributed by atoms with Gasteiger partial charge in [-0.25, -0.2) is 0 Å². The lowest BCUT2D eigenvalue weighted by Gasteiger charge is -2.35. The predicted octanol–water partition coefficient (Wildman–Crippen LogP) is 2.37. The number of aliphatic hydroxyl groups is 1. The zero-order chi connectivity index (χ0) is 18.1. The summed E-state index contributed by atoms with van der Waals surface area (Å²) in [4.78, 5) is 2.26. The first kappa shape index (κ1) is 16.9. The van der Waals surface area contributed by atoms with Crippen molar-refractivity contribution < 1.29 is 5.11 Å². The van der Waals surface area contributed by atoms with Crippen molar-refractivity contribution >= 4 is 0 Å². The molecule has 1 unspecified atom stereocenters. The fourth-order valence-corrected chi connectivity index (χ4v) is 3.91. The minimum Gasteiger partial charge on any atom is -0.394 e. The summed E-state index contributed by atoms with van der Waals surface area (Å²) in [7, 11) is 0. The predicted molar refractivity (Wildman–Crippen MR) is 99.0 cm³/mol. The van der Waals surface area contributed by atoms with Gasteiger partial charge in [0.25, 0.3) is 0 Å². The average Bonchev–Trinajstić information content (AvgIpc) is 3.09. The second kappa shape index (κ2) is 6.97. The summed E-state index contributed by atoms with van der Waals surface area (Å²) >= 11 is 0. The first-order chi connectivity index (χ1) is 12.7. The largest absolute Gasteiger partial charge is 0.394 e. The monoisotopic (exact) mass is 349 g/mol. The molecule has 6 nitrogen and oxygen atoms in total. The van der Waals surface area contributed by atoms with E-state index in [0.29, 0.717) is 6.54 Å². The molecule has 1 aromatic heterocycles. The van der Waals surface area contributed by atoms with Gasteiger partial charge in [-0.05, 0) is 52.9 Å². The smallest absolute Gasteiger partial charge is 0.170 e. The van der Waals surface area contributed by atoms with Gasteiger partial charge < -0.3 is 5.11 Å². The highest BCUT2D eigenvalue weighted by molar-refractivity contribution is 5.46. The molecule has 2 heterocycles. The van der Waals surface area contributed by atoms with Crippen LogP contribution in [0, 0.1) is 13.8 Å². The third kappa shape index (κ3) is 2.91. The topological polar surface area (TPSA) is 67.1 Å². The number of fused-ring (bicyclic) bond motifs is 1. The molecular formula is C20H23N5O. The van der Waals surface area contributed by atoms with Crippen LogP contribution in [0.4, 0.5) is 0 Å². The third-order valence-electron chi connectivity index (χ3n) is 5.23. The molecule has 1 atom stereocenters. The summed E-state index contributed by atoms with van der Waals surface area (Å²) in [5.74, 6) is 0.792. The quantitative estimate of drug-likeness (QED) is 0.783. The van der Waals surface area contributed by atoms with E-state index in [-0.39, 0.29) is 12.6 Å². The lowest BCUT2D eigenvalue weighted by molar-refractivity contribution is 0.105. The molecule has 134 valence electrons. The second-order valence-corrected chi connectivity index (χ2v) is 6.86. The van der Waals surface area contributed by atoms with Crippen LogP contribution in [0.5, 0.6) is 0 Å². The number of rotatable bonds is 4. The van der Waals surface area contributed by atoms with E-state index < -0.39 is 0 Å². The fourth-order valence-electron chi connectivity index (χ4n) is 3.91. The highest BCUT2D eigenvalue weighted by Crippen LogP contribution is 2.30. The molecule has 1 N–H and O–H groups in total. The first-order valence-electron chi connectivity index (χ1n) is 8.95. The molecule has 1 aliphatic heterocycles. The Hall–Kier alpha value is -2.57. The van der Waals surface area contributed by atoms with E-state index in [1.807, 2.05) is 16.8 Å². The zero-order valence-electron chi connectivity index (χ0n) is 15.1. The third-order valence-corrected chi connectivity index (χ3v) is 5.23. The number of hydrogen-bond donors (Lipinski definition) is 1. The van der Waals surface area contributed by atoms with Crippen molar-refractivity contribution in [3.63, 3.8) is 0 Å². The average molecular weight is 349 g/mol. The Labute approximate surface area is 153 Å². The van der Waals surface area contributed by atoms with Gasteiger partial charge in [0.05, 0.1) is 24.9 Å². The van der Waals surface area contributed by atoms with E-state index in [0.717, 1.165) is 35.6 Å². The Kier molecular flexibility index (Phi) is 4.53. The van der Waals surface area contributed by atoms with E-state index in [1.165, 1.54) is 11.1 Å². The van der Waals surface area contributed by atoms with E-state index in [9.17, 15) is 5.11 Å². The SMILES string of the molecule is Cc1cccc(C)c1-n1nnnc1CN1CCc2ccccc2C1CO.